The zero-order valence-corrected chi connectivity index (χ0v) is 11.1. The van der Waals surface area contributed by atoms with E-state index in [4.69, 9.17) is 4.74 Å². The third-order valence-corrected chi connectivity index (χ3v) is 2.85. The molecule has 0 bridgehead atoms. The fourth-order valence-electron chi connectivity index (χ4n) is 1.74. The molecule has 0 aromatic heterocycles. The van der Waals surface area contributed by atoms with Crippen molar-refractivity contribution < 1.29 is 22.7 Å². The van der Waals surface area contributed by atoms with Gasteiger partial charge in [0.15, 0.2) is 23.2 Å². The van der Waals surface area contributed by atoms with Crippen molar-refractivity contribution in [3.63, 3.8) is 0 Å². The predicted octanol–water partition coefficient (Wildman–Crippen LogP) is 3.04. The van der Waals surface area contributed by atoms with Crippen LogP contribution in [0.1, 0.15) is 15.9 Å². The number of benzene rings is 2. The van der Waals surface area contributed by atoms with E-state index >= 15 is 0 Å². The van der Waals surface area contributed by atoms with Crippen molar-refractivity contribution in [2.75, 3.05) is 7.11 Å². The number of ether oxygens (including phenoxy) is 1. The van der Waals surface area contributed by atoms with E-state index < -0.39 is 23.4 Å². The first-order valence-corrected chi connectivity index (χ1v) is 6.07. The van der Waals surface area contributed by atoms with E-state index in [1.807, 2.05) is 0 Å². The lowest BCUT2D eigenvalue weighted by molar-refractivity contribution is 0.0950. The monoisotopic (exact) mass is 295 g/mol. The summed E-state index contributed by atoms with van der Waals surface area (Å²) in [4.78, 5) is 11.8. The number of rotatable bonds is 4. The molecule has 0 fully saturated rings. The minimum Gasteiger partial charge on any atom is -0.494 e. The van der Waals surface area contributed by atoms with Gasteiger partial charge < -0.3 is 10.1 Å². The number of hydrogen-bond donors (Lipinski definition) is 1. The highest BCUT2D eigenvalue weighted by molar-refractivity contribution is 5.94. The Kier molecular flexibility index (Phi) is 4.47. The van der Waals surface area contributed by atoms with Gasteiger partial charge in [0.25, 0.3) is 5.91 Å². The van der Waals surface area contributed by atoms with E-state index in [0.29, 0.717) is 5.56 Å². The lowest BCUT2D eigenvalue weighted by Gasteiger charge is -2.07. The van der Waals surface area contributed by atoms with Crippen LogP contribution >= 0.6 is 0 Å². The smallest absolute Gasteiger partial charge is 0.251 e. The molecule has 1 N–H and O–H groups in total. The summed E-state index contributed by atoms with van der Waals surface area (Å²) in [6, 6.07) is 7.10. The van der Waals surface area contributed by atoms with Crippen LogP contribution in [0.5, 0.6) is 5.75 Å². The summed E-state index contributed by atoms with van der Waals surface area (Å²) in [7, 11) is 1.35. The molecule has 2 rings (SSSR count). The fourth-order valence-corrected chi connectivity index (χ4v) is 1.74. The molecule has 0 saturated heterocycles. The highest BCUT2D eigenvalue weighted by Gasteiger charge is 2.10. The number of carbonyl (C=O) groups is 1. The SMILES string of the molecule is COc1ccc(CNC(=O)c2ccc(F)c(F)c2)cc1F. The highest BCUT2D eigenvalue weighted by Crippen LogP contribution is 2.17. The molecular weight excluding hydrogens is 283 g/mol. The van der Waals surface area contributed by atoms with Crippen molar-refractivity contribution in [3.05, 3.63) is 65.0 Å². The molecule has 0 radical (unpaired) electrons. The first-order valence-electron chi connectivity index (χ1n) is 6.07. The Labute approximate surface area is 119 Å². The molecule has 0 unspecified atom stereocenters. The van der Waals surface area contributed by atoms with Gasteiger partial charge in [-0.1, -0.05) is 6.07 Å². The van der Waals surface area contributed by atoms with E-state index in [1.54, 1.807) is 6.07 Å². The average Bonchev–Trinajstić information content (AvgIpc) is 2.47. The largest absolute Gasteiger partial charge is 0.494 e. The van der Waals surface area contributed by atoms with Crippen molar-refractivity contribution >= 4 is 5.91 Å². The van der Waals surface area contributed by atoms with Gasteiger partial charge in [0, 0.05) is 12.1 Å². The number of amides is 1. The number of carbonyl (C=O) groups excluding carboxylic acids is 1. The molecule has 0 aliphatic rings. The van der Waals surface area contributed by atoms with Gasteiger partial charge in [-0.05, 0) is 35.9 Å². The first kappa shape index (κ1) is 14.9. The maximum absolute atomic E-state index is 13.5. The van der Waals surface area contributed by atoms with Crippen molar-refractivity contribution in [1.82, 2.24) is 5.32 Å². The molecule has 1 amide bonds. The molecule has 2 aromatic carbocycles. The van der Waals surface area contributed by atoms with Gasteiger partial charge in [-0.25, -0.2) is 13.2 Å². The van der Waals surface area contributed by atoms with Gasteiger partial charge in [-0.15, -0.1) is 0 Å². The van der Waals surface area contributed by atoms with E-state index in [9.17, 15) is 18.0 Å². The molecule has 0 saturated carbocycles. The van der Waals surface area contributed by atoms with Crippen LogP contribution in [0.15, 0.2) is 36.4 Å². The van der Waals surface area contributed by atoms with Crippen LogP contribution < -0.4 is 10.1 Å². The van der Waals surface area contributed by atoms with Crippen LogP contribution in [0, 0.1) is 17.5 Å². The Morgan fingerprint density at radius 3 is 2.43 bits per heavy atom. The Balaban J connectivity index is 2.03. The normalized spacial score (nSPS) is 10.3. The highest BCUT2D eigenvalue weighted by atomic mass is 19.2. The molecule has 0 aliphatic carbocycles. The second-order valence-electron chi connectivity index (χ2n) is 4.28. The van der Waals surface area contributed by atoms with Crippen molar-refractivity contribution in [2.24, 2.45) is 0 Å². The van der Waals surface area contributed by atoms with Crippen molar-refractivity contribution in [1.29, 1.82) is 0 Å². The van der Waals surface area contributed by atoms with Crippen LogP contribution in [-0.2, 0) is 6.54 Å². The quantitative estimate of drug-likeness (QED) is 0.941. The molecule has 2 aromatic rings. The lowest BCUT2D eigenvalue weighted by atomic mass is 10.1. The minimum absolute atomic E-state index is 0.0112. The van der Waals surface area contributed by atoms with Crippen LogP contribution in [0.3, 0.4) is 0 Å². The predicted molar refractivity (Wildman–Crippen MR) is 70.5 cm³/mol. The zero-order chi connectivity index (χ0) is 15.4. The molecular formula is C15H12F3NO2. The number of halogens is 3. The third-order valence-electron chi connectivity index (χ3n) is 2.85. The second kappa shape index (κ2) is 6.30. The summed E-state index contributed by atoms with van der Waals surface area (Å²) in [6.45, 7) is 0.0543. The standard InChI is InChI=1S/C15H12F3NO2/c1-21-14-5-2-9(6-13(14)18)8-19-15(20)10-3-4-11(16)12(17)7-10/h2-7H,8H2,1H3,(H,19,20). The number of methoxy groups -OCH3 is 1. The first-order chi connectivity index (χ1) is 10.0. The third kappa shape index (κ3) is 3.53. The Morgan fingerprint density at radius 2 is 1.81 bits per heavy atom. The van der Waals surface area contributed by atoms with E-state index in [0.717, 1.165) is 12.1 Å². The molecule has 0 atom stereocenters. The Morgan fingerprint density at radius 1 is 1.05 bits per heavy atom. The van der Waals surface area contributed by atoms with Gasteiger partial charge in [-0.3, -0.25) is 4.79 Å². The molecule has 0 aliphatic heterocycles. The summed E-state index contributed by atoms with van der Waals surface area (Å²) < 4.78 is 44.0. The Bertz CT molecular complexity index is 674. The topological polar surface area (TPSA) is 38.3 Å². The number of hydrogen-bond acceptors (Lipinski definition) is 2. The second-order valence-corrected chi connectivity index (χ2v) is 4.28. The average molecular weight is 295 g/mol. The fraction of sp³-hybridized carbons (Fsp3) is 0.133. The van der Waals surface area contributed by atoms with E-state index in [-0.39, 0.29) is 17.9 Å². The molecule has 0 heterocycles. The molecule has 3 nitrogen and oxygen atoms in total. The van der Waals surface area contributed by atoms with Crippen LogP contribution in [0.25, 0.3) is 0 Å². The van der Waals surface area contributed by atoms with Gasteiger partial charge >= 0.3 is 0 Å². The summed E-state index contributed by atoms with van der Waals surface area (Å²) in [5.74, 6) is -3.14. The zero-order valence-electron chi connectivity index (χ0n) is 11.1. The van der Waals surface area contributed by atoms with Gasteiger partial charge in [0.2, 0.25) is 0 Å². The van der Waals surface area contributed by atoms with Crippen molar-refractivity contribution in [2.45, 2.75) is 6.54 Å². The maximum Gasteiger partial charge on any atom is 0.251 e. The van der Waals surface area contributed by atoms with E-state index in [1.165, 1.54) is 25.3 Å². The Hall–Kier alpha value is -2.50. The molecule has 6 heteroatoms. The maximum atomic E-state index is 13.5. The minimum atomic E-state index is -1.10. The van der Waals surface area contributed by atoms with Crippen LogP contribution in [0.4, 0.5) is 13.2 Å². The molecule has 0 spiro atoms. The van der Waals surface area contributed by atoms with Crippen LogP contribution in [0.2, 0.25) is 0 Å². The van der Waals surface area contributed by atoms with Crippen molar-refractivity contribution in [3.8, 4) is 5.75 Å². The molecule has 21 heavy (non-hydrogen) atoms. The van der Waals surface area contributed by atoms with Gasteiger partial charge in [0.05, 0.1) is 7.11 Å². The summed E-state index contributed by atoms with van der Waals surface area (Å²) in [5, 5.41) is 2.49. The number of nitrogens with one attached hydrogen (secondary N) is 1. The van der Waals surface area contributed by atoms with Crippen LogP contribution in [-0.4, -0.2) is 13.0 Å². The van der Waals surface area contributed by atoms with Gasteiger partial charge in [-0.2, -0.15) is 0 Å². The summed E-state index contributed by atoms with van der Waals surface area (Å²) in [5.41, 5.74) is 0.507. The lowest BCUT2D eigenvalue weighted by Crippen LogP contribution is -2.23. The summed E-state index contributed by atoms with van der Waals surface area (Å²) >= 11 is 0. The van der Waals surface area contributed by atoms with E-state index in [2.05, 4.69) is 5.32 Å². The molecule has 110 valence electrons. The summed E-state index contributed by atoms with van der Waals surface area (Å²) in [6.07, 6.45) is 0. The van der Waals surface area contributed by atoms with Gasteiger partial charge in [0.1, 0.15) is 0 Å².